The molecule has 16 heavy (non-hydrogen) atoms. The van der Waals surface area contributed by atoms with Gasteiger partial charge in [-0.3, -0.25) is 9.59 Å². The average molecular weight is 228 g/mol. The van der Waals surface area contributed by atoms with Crippen molar-refractivity contribution in [3.05, 3.63) is 0 Å². The fourth-order valence-corrected chi connectivity index (χ4v) is 1.96. The molecule has 0 radical (unpaired) electrons. The Bertz CT molecular complexity index is 266. The van der Waals surface area contributed by atoms with Gasteiger partial charge in [0.1, 0.15) is 0 Å². The summed E-state index contributed by atoms with van der Waals surface area (Å²) < 4.78 is 0. The Morgan fingerprint density at radius 2 is 2.06 bits per heavy atom. The van der Waals surface area contributed by atoms with Gasteiger partial charge < -0.3 is 15.3 Å². The van der Waals surface area contributed by atoms with Crippen LogP contribution >= 0.6 is 0 Å². The van der Waals surface area contributed by atoms with E-state index < -0.39 is 5.97 Å². The van der Waals surface area contributed by atoms with Gasteiger partial charge in [0.15, 0.2) is 0 Å². The van der Waals surface area contributed by atoms with Crippen molar-refractivity contribution in [2.75, 3.05) is 20.6 Å². The van der Waals surface area contributed by atoms with E-state index in [2.05, 4.69) is 5.32 Å². The van der Waals surface area contributed by atoms with Crippen molar-refractivity contribution in [1.29, 1.82) is 0 Å². The molecular weight excluding hydrogens is 208 g/mol. The van der Waals surface area contributed by atoms with E-state index in [-0.39, 0.29) is 17.9 Å². The van der Waals surface area contributed by atoms with Gasteiger partial charge in [-0.15, -0.1) is 0 Å². The highest BCUT2D eigenvalue weighted by Crippen LogP contribution is 2.25. The predicted molar refractivity (Wildman–Crippen MR) is 60.1 cm³/mol. The molecule has 2 unspecified atom stereocenters. The number of aliphatic carboxylic acids is 1. The second-order valence-corrected chi connectivity index (χ2v) is 4.67. The van der Waals surface area contributed by atoms with E-state index in [1.807, 2.05) is 19.0 Å². The molecule has 1 fully saturated rings. The summed E-state index contributed by atoms with van der Waals surface area (Å²) in [6.07, 6.45) is 2.50. The standard InChI is InChI=1S/C11H20N2O3/c1-13(2)6-5-10(14)12-9-4-3-8(7-9)11(15)16/h8-9H,3-7H2,1-2H3,(H,12,14)(H,15,16). The van der Waals surface area contributed by atoms with E-state index in [1.165, 1.54) is 0 Å². The summed E-state index contributed by atoms with van der Waals surface area (Å²) in [5.41, 5.74) is 0. The normalized spacial score (nSPS) is 24.7. The van der Waals surface area contributed by atoms with Crippen LogP contribution < -0.4 is 5.32 Å². The molecule has 5 nitrogen and oxygen atoms in total. The molecule has 1 saturated carbocycles. The lowest BCUT2D eigenvalue weighted by molar-refractivity contribution is -0.141. The summed E-state index contributed by atoms with van der Waals surface area (Å²) in [6, 6.07) is 0.0516. The van der Waals surface area contributed by atoms with Crippen LogP contribution in [0.3, 0.4) is 0 Å². The molecule has 0 bridgehead atoms. The van der Waals surface area contributed by atoms with Crippen molar-refractivity contribution in [3.8, 4) is 0 Å². The Balaban J connectivity index is 2.23. The third-order valence-electron chi connectivity index (χ3n) is 2.93. The Morgan fingerprint density at radius 3 is 2.56 bits per heavy atom. The fraction of sp³-hybridized carbons (Fsp3) is 0.818. The number of nitrogens with zero attached hydrogens (tertiary/aromatic N) is 1. The van der Waals surface area contributed by atoms with Crippen LogP contribution in [0.15, 0.2) is 0 Å². The third kappa shape index (κ3) is 4.18. The second kappa shape index (κ2) is 5.84. The highest BCUT2D eigenvalue weighted by Gasteiger charge is 2.30. The van der Waals surface area contributed by atoms with E-state index in [0.717, 1.165) is 13.0 Å². The molecule has 1 amide bonds. The van der Waals surface area contributed by atoms with Crippen molar-refractivity contribution < 1.29 is 14.7 Å². The second-order valence-electron chi connectivity index (χ2n) is 4.67. The first-order valence-corrected chi connectivity index (χ1v) is 5.66. The van der Waals surface area contributed by atoms with Gasteiger partial charge in [-0.2, -0.15) is 0 Å². The maximum Gasteiger partial charge on any atom is 0.306 e. The number of hydrogen-bond acceptors (Lipinski definition) is 3. The topological polar surface area (TPSA) is 69.6 Å². The summed E-state index contributed by atoms with van der Waals surface area (Å²) in [6.45, 7) is 0.723. The summed E-state index contributed by atoms with van der Waals surface area (Å²) >= 11 is 0. The minimum atomic E-state index is -0.745. The molecule has 0 saturated heterocycles. The molecule has 0 aromatic heterocycles. The number of amides is 1. The largest absolute Gasteiger partial charge is 0.481 e. The molecule has 1 aliphatic rings. The molecule has 0 heterocycles. The summed E-state index contributed by atoms with van der Waals surface area (Å²) in [5, 5.41) is 11.7. The van der Waals surface area contributed by atoms with Gasteiger partial charge >= 0.3 is 5.97 Å². The maximum absolute atomic E-state index is 11.5. The van der Waals surface area contributed by atoms with Crippen LogP contribution in [0, 0.1) is 5.92 Å². The van der Waals surface area contributed by atoms with Crippen LogP contribution in [-0.2, 0) is 9.59 Å². The Labute approximate surface area is 95.8 Å². The van der Waals surface area contributed by atoms with Gasteiger partial charge in [0.05, 0.1) is 5.92 Å². The first-order chi connectivity index (χ1) is 7.49. The average Bonchev–Trinajstić information content (AvgIpc) is 2.63. The molecule has 92 valence electrons. The third-order valence-corrected chi connectivity index (χ3v) is 2.93. The van der Waals surface area contributed by atoms with E-state index >= 15 is 0 Å². The van der Waals surface area contributed by atoms with Gasteiger partial charge in [0.25, 0.3) is 0 Å². The zero-order chi connectivity index (χ0) is 12.1. The lowest BCUT2D eigenvalue weighted by Gasteiger charge is -2.14. The van der Waals surface area contributed by atoms with E-state index in [1.54, 1.807) is 0 Å². The fourth-order valence-electron chi connectivity index (χ4n) is 1.96. The number of rotatable bonds is 5. The van der Waals surface area contributed by atoms with Crippen LogP contribution in [-0.4, -0.2) is 48.6 Å². The Hall–Kier alpha value is -1.10. The zero-order valence-corrected chi connectivity index (χ0v) is 9.90. The smallest absolute Gasteiger partial charge is 0.306 e. The highest BCUT2D eigenvalue weighted by atomic mass is 16.4. The minimum absolute atomic E-state index is 0.0183. The van der Waals surface area contributed by atoms with Gasteiger partial charge in [0.2, 0.25) is 5.91 Å². The molecule has 1 rings (SSSR count). The lowest BCUT2D eigenvalue weighted by Crippen LogP contribution is -2.35. The van der Waals surface area contributed by atoms with Gasteiger partial charge in [-0.1, -0.05) is 0 Å². The Kier molecular flexibility index (Phi) is 4.73. The van der Waals surface area contributed by atoms with Crippen molar-refractivity contribution in [3.63, 3.8) is 0 Å². The monoisotopic (exact) mass is 228 g/mol. The number of carboxylic acid groups (broad SMARTS) is 1. The molecule has 5 heteroatoms. The van der Waals surface area contributed by atoms with Crippen LogP contribution in [0.4, 0.5) is 0 Å². The molecule has 0 spiro atoms. The SMILES string of the molecule is CN(C)CCC(=O)NC1CCC(C(=O)O)C1. The molecule has 0 aliphatic heterocycles. The predicted octanol–water partition coefficient (Wildman–Crippen LogP) is 0.308. The van der Waals surface area contributed by atoms with Gasteiger partial charge in [0, 0.05) is 19.0 Å². The number of carbonyl (C=O) groups is 2. The van der Waals surface area contributed by atoms with Crippen LogP contribution in [0.5, 0.6) is 0 Å². The van der Waals surface area contributed by atoms with Crippen molar-refractivity contribution in [2.24, 2.45) is 5.92 Å². The van der Waals surface area contributed by atoms with Gasteiger partial charge in [-0.25, -0.2) is 0 Å². The summed E-state index contributed by atoms with van der Waals surface area (Å²) in [7, 11) is 3.84. The number of hydrogen-bond donors (Lipinski definition) is 2. The summed E-state index contributed by atoms with van der Waals surface area (Å²) in [5.74, 6) is -1.01. The molecule has 1 aliphatic carbocycles. The molecule has 2 atom stereocenters. The first-order valence-electron chi connectivity index (χ1n) is 5.66. The zero-order valence-electron chi connectivity index (χ0n) is 9.90. The molecule has 0 aromatic rings. The van der Waals surface area contributed by atoms with Crippen LogP contribution in [0.25, 0.3) is 0 Å². The van der Waals surface area contributed by atoms with E-state index in [0.29, 0.717) is 19.3 Å². The maximum atomic E-state index is 11.5. The van der Waals surface area contributed by atoms with Crippen molar-refractivity contribution >= 4 is 11.9 Å². The van der Waals surface area contributed by atoms with Gasteiger partial charge in [-0.05, 0) is 33.4 Å². The molecule has 2 N–H and O–H groups in total. The molecule has 0 aromatic carbocycles. The van der Waals surface area contributed by atoms with E-state index in [4.69, 9.17) is 5.11 Å². The van der Waals surface area contributed by atoms with E-state index in [9.17, 15) is 9.59 Å². The van der Waals surface area contributed by atoms with Crippen molar-refractivity contribution in [2.45, 2.75) is 31.7 Å². The minimum Gasteiger partial charge on any atom is -0.481 e. The number of carboxylic acids is 1. The lowest BCUT2D eigenvalue weighted by atomic mass is 10.1. The molecular formula is C11H20N2O3. The first kappa shape index (κ1) is 13.0. The highest BCUT2D eigenvalue weighted by molar-refractivity contribution is 5.77. The van der Waals surface area contributed by atoms with Crippen LogP contribution in [0.1, 0.15) is 25.7 Å². The van der Waals surface area contributed by atoms with Crippen molar-refractivity contribution in [1.82, 2.24) is 10.2 Å². The number of nitrogens with one attached hydrogen (secondary N) is 1. The summed E-state index contributed by atoms with van der Waals surface area (Å²) in [4.78, 5) is 24.2. The quantitative estimate of drug-likeness (QED) is 0.710. The Morgan fingerprint density at radius 1 is 1.38 bits per heavy atom. The van der Waals surface area contributed by atoms with Crippen LogP contribution in [0.2, 0.25) is 0 Å². The number of carbonyl (C=O) groups excluding carboxylic acids is 1.